The summed E-state index contributed by atoms with van der Waals surface area (Å²) in [4.78, 5) is 20.3. The molecule has 3 rings (SSSR count). The molecule has 6 nitrogen and oxygen atoms in total. The Morgan fingerprint density at radius 3 is 2.76 bits per heavy atom. The normalized spacial score (nSPS) is 23.6. The van der Waals surface area contributed by atoms with E-state index < -0.39 is 36.3 Å². The second kappa shape index (κ2) is 7.91. The Bertz CT molecular complexity index is 1000. The summed E-state index contributed by atoms with van der Waals surface area (Å²) in [6.07, 6.45) is -2.36. The monoisotopic (exact) mass is 402 g/mol. The first-order valence-electron chi connectivity index (χ1n) is 8.68. The number of aromatic nitrogens is 1. The topological polar surface area (TPSA) is 101 Å². The number of pyridine rings is 1. The van der Waals surface area contributed by atoms with Crippen LogP contribution in [0.4, 0.5) is 13.2 Å². The van der Waals surface area contributed by atoms with Crippen molar-refractivity contribution in [3.63, 3.8) is 0 Å². The predicted octanol–water partition coefficient (Wildman–Crippen LogP) is 2.75. The van der Waals surface area contributed by atoms with Gasteiger partial charge < -0.3 is 10.5 Å². The number of benzene rings is 1. The van der Waals surface area contributed by atoms with Crippen LogP contribution in [-0.2, 0) is 16.7 Å². The molecule has 150 valence electrons. The van der Waals surface area contributed by atoms with Crippen LogP contribution in [0.5, 0.6) is 0 Å². The number of aliphatic imine (C=N–C) groups is 1. The summed E-state index contributed by atoms with van der Waals surface area (Å²) >= 11 is 0. The van der Waals surface area contributed by atoms with Gasteiger partial charge in [-0.1, -0.05) is 6.07 Å². The van der Waals surface area contributed by atoms with E-state index in [9.17, 15) is 18.0 Å². The van der Waals surface area contributed by atoms with Crippen molar-refractivity contribution in [3.8, 4) is 6.07 Å². The molecule has 2 aromatic rings. The lowest BCUT2D eigenvalue weighted by molar-refractivity contribution is 0.00449. The zero-order chi connectivity index (χ0) is 21.2. The van der Waals surface area contributed by atoms with Crippen LogP contribution in [0.15, 0.2) is 41.5 Å². The fraction of sp³-hybridized carbons (Fsp3) is 0.300. The fourth-order valence-corrected chi connectivity index (χ4v) is 3.18. The lowest BCUT2D eigenvalue weighted by atomic mass is 9.83. The second-order valence-corrected chi connectivity index (χ2v) is 6.77. The van der Waals surface area contributed by atoms with Gasteiger partial charge in [-0.15, -0.1) is 0 Å². The molecule has 0 spiro atoms. The number of hydrogen-bond acceptors (Lipinski definition) is 6. The largest absolute Gasteiger partial charge is 0.456 e. The first-order valence-corrected chi connectivity index (χ1v) is 8.68. The summed E-state index contributed by atoms with van der Waals surface area (Å²) in [5, 5.41) is 8.79. The third-order valence-corrected chi connectivity index (χ3v) is 4.75. The maximum Gasteiger partial charge on any atom is 0.283 e. The number of halogens is 3. The van der Waals surface area contributed by atoms with Gasteiger partial charge in [0.05, 0.1) is 5.56 Å². The van der Waals surface area contributed by atoms with Gasteiger partial charge in [-0.3, -0.25) is 9.78 Å². The molecule has 2 N–H and O–H groups in total. The van der Waals surface area contributed by atoms with Crippen molar-refractivity contribution in [1.29, 1.82) is 5.26 Å². The van der Waals surface area contributed by atoms with E-state index in [0.717, 1.165) is 6.07 Å². The molecule has 29 heavy (non-hydrogen) atoms. The Hall–Kier alpha value is -3.41. The first kappa shape index (κ1) is 20.3. The van der Waals surface area contributed by atoms with Gasteiger partial charge in [0, 0.05) is 18.2 Å². The summed E-state index contributed by atoms with van der Waals surface area (Å²) in [6.45, 7) is 0.138. The van der Waals surface area contributed by atoms with E-state index in [4.69, 9.17) is 15.7 Å². The SMILES string of the molecule is C[C@]1(c2cc(CC(=O)c3ccc(C#N)cn3)ccc2F)N=C(N)O[C@@H](CF)[C@@H]1F. The molecule has 2 heterocycles. The maximum atomic E-state index is 14.9. The molecular weight excluding hydrogens is 385 g/mol. The standard InChI is InChI=1S/C20H17F3N4O2/c1-20(18(23)17(8-21)29-19(25)27-20)13-6-11(2-4-14(13)22)7-16(28)15-5-3-12(9-24)10-26-15/h2-6,10,17-18H,7-8H2,1H3,(H2,25,27)/t17-,18-,20+/m0/s1. The van der Waals surface area contributed by atoms with Crippen LogP contribution in [0.3, 0.4) is 0 Å². The molecule has 0 aliphatic carbocycles. The summed E-state index contributed by atoms with van der Waals surface area (Å²) < 4.78 is 47.4. The van der Waals surface area contributed by atoms with Gasteiger partial charge in [0.2, 0.25) is 0 Å². The molecule has 0 saturated carbocycles. The van der Waals surface area contributed by atoms with E-state index in [1.165, 1.54) is 37.4 Å². The summed E-state index contributed by atoms with van der Waals surface area (Å²) in [5.41, 5.74) is 4.40. The van der Waals surface area contributed by atoms with E-state index in [0.29, 0.717) is 11.1 Å². The predicted molar refractivity (Wildman–Crippen MR) is 98.1 cm³/mol. The maximum absolute atomic E-state index is 14.9. The number of ketones is 1. The number of rotatable bonds is 5. The number of nitriles is 1. The van der Waals surface area contributed by atoms with Crippen molar-refractivity contribution in [2.75, 3.05) is 6.67 Å². The smallest absolute Gasteiger partial charge is 0.283 e. The molecule has 0 radical (unpaired) electrons. The molecule has 0 saturated heterocycles. The Kier molecular flexibility index (Phi) is 5.55. The minimum Gasteiger partial charge on any atom is -0.456 e. The second-order valence-electron chi connectivity index (χ2n) is 6.77. The number of hydrogen-bond donors (Lipinski definition) is 1. The number of carbonyl (C=O) groups excluding carboxylic acids is 1. The molecule has 0 unspecified atom stereocenters. The van der Waals surface area contributed by atoms with Crippen molar-refractivity contribution in [3.05, 3.63) is 64.7 Å². The van der Waals surface area contributed by atoms with E-state index >= 15 is 0 Å². The average molecular weight is 402 g/mol. The lowest BCUT2D eigenvalue weighted by Gasteiger charge is -2.37. The van der Waals surface area contributed by atoms with E-state index in [1.54, 1.807) is 0 Å². The van der Waals surface area contributed by atoms with Crippen molar-refractivity contribution in [2.24, 2.45) is 10.7 Å². The Morgan fingerprint density at radius 1 is 1.38 bits per heavy atom. The van der Waals surface area contributed by atoms with Crippen LogP contribution in [0.25, 0.3) is 0 Å². The quantitative estimate of drug-likeness (QED) is 0.775. The highest BCUT2D eigenvalue weighted by Crippen LogP contribution is 2.38. The van der Waals surface area contributed by atoms with Gasteiger partial charge in [0.25, 0.3) is 6.02 Å². The zero-order valence-electron chi connectivity index (χ0n) is 15.4. The number of ether oxygens (including phenoxy) is 1. The summed E-state index contributed by atoms with van der Waals surface area (Å²) in [6, 6.07) is 8.12. The van der Waals surface area contributed by atoms with Crippen molar-refractivity contribution >= 4 is 11.8 Å². The number of alkyl halides is 2. The van der Waals surface area contributed by atoms with Crippen molar-refractivity contribution < 1.29 is 22.7 Å². The van der Waals surface area contributed by atoms with Crippen LogP contribution in [0, 0.1) is 17.1 Å². The Balaban J connectivity index is 1.92. The Morgan fingerprint density at radius 2 is 2.14 bits per heavy atom. The highest BCUT2D eigenvalue weighted by molar-refractivity contribution is 5.95. The van der Waals surface area contributed by atoms with Crippen LogP contribution < -0.4 is 5.73 Å². The fourth-order valence-electron chi connectivity index (χ4n) is 3.18. The lowest BCUT2D eigenvalue weighted by Crippen LogP contribution is -2.50. The molecule has 1 aromatic carbocycles. The van der Waals surface area contributed by atoms with Gasteiger partial charge in [-0.25, -0.2) is 18.2 Å². The molecule has 0 fully saturated rings. The molecule has 3 atom stereocenters. The van der Waals surface area contributed by atoms with Gasteiger partial charge >= 0.3 is 0 Å². The number of carbonyl (C=O) groups is 1. The molecule has 0 bridgehead atoms. The third kappa shape index (κ3) is 3.92. The Labute approximate surface area is 164 Å². The number of nitrogens with two attached hydrogens (primary N) is 1. The average Bonchev–Trinajstić information content (AvgIpc) is 2.72. The van der Waals surface area contributed by atoms with Crippen LogP contribution in [-0.4, -0.2) is 35.7 Å². The highest BCUT2D eigenvalue weighted by Gasteiger charge is 2.48. The number of amidine groups is 1. The molecule has 0 amide bonds. The number of Topliss-reactive ketones (excluding diaryl/α,β-unsaturated/α-hetero) is 1. The molecule has 1 aliphatic rings. The molecule has 1 aromatic heterocycles. The van der Waals surface area contributed by atoms with Gasteiger partial charge in [-0.05, 0) is 36.8 Å². The van der Waals surface area contributed by atoms with E-state index in [2.05, 4.69) is 9.98 Å². The minimum atomic E-state index is -1.99. The summed E-state index contributed by atoms with van der Waals surface area (Å²) in [7, 11) is 0. The van der Waals surface area contributed by atoms with Gasteiger partial charge in [-0.2, -0.15) is 5.26 Å². The first-order chi connectivity index (χ1) is 13.8. The van der Waals surface area contributed by atoms with Gasteiger partial charge in [0.15, 0.2) is 18.1 Å². The minimum absolute atomic E-state index is 0.135. The third-order valence-electron chi connectivity index (χ3n) is 4.75. The number of nitrogens with zero attached hydrogens (tertiary/aromatic N) is 3. The van der Waals surface area contributed by atoms with Crippen molar-refractivity contribution in [2.45, 2.75) is 31.2 Å². The van der Waals surface area contributed by atoms with E-state index in [-0.39, 0.29) is 23.5 Å². The summed E-state index contributed by atoms with van der Waals surface area (Å²) in [5.74, 6) is -1.13. The highest BCUT2D eigenvalue weighted by atomic mass is 19.1. The molecule has 1 aliphatic heterocycles. The van der Waals surface area contributed by atoms with Crippen LogP contribution in [0.2, 0.25) is 0 Å². The van der Waals surface area contributed by atoms with Crippen molar-refractivity contribution in [1.82, 2.24) is 4.98 Å². The molecular formula is C20H17F3N4O2. The zero-order valence-corrected chi connectivity index (χ0v) is 15.4. The van der Waals surface area contributed by atoms with Crippen LogP contribution in [0.1, 0.15) is 34.1 Å². The van der Waals surface area contributed by atoms with Crippen LogP contribution >= 0.6 is 0 Å². The molecule has 9 heteroatoms. The van der Waals surface area contributed by atoms with E-state index in [1.807, 2.05) is 6.07 Å². The van der Waals surface area contributed by atoms with Gasteiger partial charge in [0.1, 0.15) is 29.8 Å².